The third-order valence-corrected chi connectivity index (χ3v) is 3.37. The molecule has 20 heavy (non-hydrogen) atoms. The molecular formula is C14H19N3O3. The minimum absolute atomic E-state index is 0.0281. The summed E-state index contributed by atoms with van der Waals surface area (Å²) in [5.41, 5.74) is 6.84. The Kier molecular flexibility index (Phi) is 4.57. The van der Waals surface area contributed by atoms with Crippen molar-refractivity contribution < 1.29 is 14.7 Å². The molecule has 6 nitrogen and oxygen atoms in total. The maximum Gasteiger partial charge on any atom is 0.317 e. The summed E-state index contributed by atoms with van der Waals surface area (Å²) in [6, 6.07) is 6.92. The molecule has 3 N–H and O–H groups in total. The van der Waals surface area contributed by atoms with Gasteiger partial charge < -0.3 is 15.7 Å². The van der Waals surface area contributed by atoms with Gasteiger partial charge in [0.05, 0.1) is 6.54 Å². The minimum Gasteiger partial charge on any atom is -0.480 e. The van der Waals surface area contributed by atoms with Crippen LogP contribution >= 0.6 is 0 Å². The fraction of sp³-hybridized carbons (Fsp3) is 0.429. The summed E-state index contributed by atoms with van der Waals surface area (Å²) in [7, 11) is 0. The predicted molar refractivity (Wildman–Crippen MR) is 75.5 cm³/mol. The highest BCUT2D eigenvalue weighted by Crippen LogP contribution is 2.12. The van der Waals surface area contributed by atoms with Crippen molar-refractivity contribution in [3.63, 3.8) is 0 Å². The van der Waals surface area contributed by atoms with E-state index < -0.39 is 5.97 Å². The third kappa shape index (κ3) is 3.71. The van der Waals surface area contributed by atoms with Crippen LogP contribution in [0, 0.1) is 0 Å². The number of hydrogen-bond donors (Lipinski definition) is 2. The lowest BCUT2D eigenvalue weighted by Crippen LogP contribution is -2.36. The molecule has 0 bridgehead atoms. The summed E-state index contributed by atoms with van der Waals surface area (Å²) in [5, 5.41) is 8.81. The highest BCUT2D eigenvalue weighted by molar-refractivity contribution is 5.95. The Balaban J connectivity index is 1.99. The number of rotatable bonds is 3. The van der Waals surface area contributed by atoms with Crippen LogP contribution in [0.15, 0.2) is 24.3 Å². The number of aliphatic carboxylic acids is 1. The third-order valence-electron chi connectivity index (χ3n) is 3.37. The van der Waals surface area contributed by atoms with Gasteiger partial charge in [0.1, 0.15) is 0 Å². The number of nitrogens with two attached hydrogens (primary N) is 1. The molecule has 1 aliphatic rings. The standard InChI is InChI=1S/C14H19N3O3/c15-12-4-1-3-11(9-12)14(20)17-6-2-5-16(7-8-17)10-13(18)19/h1,3-4,9H,2,5-8,10,15H2,(H,18,19). The number of benzene rings is 1. The number of carboxylic acids is 1. The second kappa shape index (κ2) is 6.38. The van der Waals surface area contributed by atoms with Crippen molar-refractivity contribution in [2.75, 3.05) is 38.5 Å². The first-order valence-corrected chi connectivity index (χ1v) is 6.65. The van der Waals surface area contributed by atoms with Gasteiger partial charge >= 0.3 is 5.97 Å². The van der Waals surface area contributed by atoms with E-state index in [-0.39, 0.29) is 12.5 Å². The zero-order valence-corrected chi connectivity index (χ0v) is 11.3. The summed E-state index contributed by atoms with van der Waals surface area (Å²) in [6.45, 7) is 2.50. The largest absolute Gasteiger partial charge is 0.480 e. The van der Waals surface area contributed by atoms with Crippen LogP contribution in [-0.2, 0) is 4.79 Å². The second-order valence-electron chi connectivity index (χ2n) is 4.94. The summed E-state index contributed by atoms with van der Waals surface area (Å²) < 4.78 is 0. The van der Waals surface area contributed by atoms with Crippen molar-refractivity contribution in [3.8, 4) is 0 Å². The number of nitrogen functional groups attached to an aromatic ring is 1. The lowest BCUT2D eigenvalue weighted by Gasteiger charge is -2.21. The van der Waals surface area contributed by atoms with Gasteiger partial charge in [-0.25, -0.2) is 0 Å². The second-order valence-corrected chi connectivity index (χ2v) is 4.94. The minimum atomic E-state index is -0.833. The molecule has 0 unspecified atom stereocenters. The van der Waals surface area contributed by atoms with Crippen LogP contribution in [-0.4, -0.2) is 59.5 Å². The van der Waals surface area contributed by atoms with E-state index in [1.54, 1.807) is 29.2 Å². The van der Waals surface area contributed by atoms with Crippen molar-refractivity contribution in [1.29, 1.82) is 0 Å². The predicted octanol–water partition coefficient (Wildman–Crippen LogP) is 0.501. The summed E-state index contributed by atoms with van der Waals surface area (Å²) >= 11 is 0. The van der Waals surface area contributed by atoms with Crippen LogP contribution in [0.2, 0.25) is 0 Å². The Morgan fingerprint density at radius 1 is 1.20 bits per heavy atom. The molecule has 0 spiro atoms. The van der Waals surface area contributed by atoms with Crippen LogP contribution in [0.25, 0.3) is 0 Å². The van der Waals surface area contributed by atoms with E-state index in [2.05, 4.69) is 0 Å². The number of carboxylic acid groups (broad SMARTS) is 1. The first-order chi connectivity index (χ1) is 9.56. The van der Waals surface area contributed by atoms with Crippen LogP contribution in [0.5, 0.6) is 0 Å². The van der Waals surface area contributed by atoms with Crippen LogP contribution < -0.4 is 5.73 Å². The molecular weight excluding hydrogens is 258 g/mol. The van der Waals surface area contributed by atoms with E-state index in [0.717, 1.165) is 6.42 Å². The Morgan fingerprint density at radius 3 is 2.70 bits per heavy atom. The smallest absolute Gasteiger partial charge is 0.317 e. The molecule has 1 aromatic carbocycles. The number of amides is 1. The van der Waals surface area contributed by atoms with Gasteiger partial charge in [-0.1, -0.05) is 6.07 Å². The zero-order chi connectivity index (χ0) is 14.5. The fourth-order valence-corrected chi connectivity index (χ4v) is 2.38. The molecule has 6 heteroatoms. The van der Waals surface area contributed by atoms with Crippen molar-refractivity contribution >= 4 is 17.6 Å². The van der Waals surface area contributed by atoms with Crippen molar-refractivity contribution in [3.05, 3.63) is 29.8 Å². The summed E-state index contributed by atoms with van der Waals surface area (Å²) in [6.07, 6.45) is 0.779. The number of anilines is 1. The molecule has 1 amide bonds. The average Bonchev–Trinajstić information content (AvgIpc) is 2.63. The molecule has 1 aromatic rings. The number of carbonyl (C=O) groups is 2. The lowest BCUT2D eigenvalue weighted by molar-refractivity contribution is -0.138. The number of hydrogen-bond acceptors (Lipinski definition) is 4. The Labute approximate surface area is 117 Å². The molecule has 1 heterocycles. The fourth-order valence-electron chi connectivity index (χ4n) is 2.38. The van der Waals surface area contributed by atoms with Crippen LogP contribution in [0.4, 0.5) is 5.69 Å². The van der Waals surface area contributed by atoms with E-state index in [1.807, 2.05) is 4.90 Å². The molecule has 2 rings (SSSR count). The van der Waals surface area contributed by atoms with Crippen molar-refractivity contribution in [1.82, 2.24) is 9.80 Å². The lowest BCUT2D eigenvalue weighted by atomic mass is 10.1. The maximum atomic E-state index is 12.4. The van der Waals surface area contributed by atoms with E-state index >= 15 is 0 Å². The number of nitrogens with zero attached hydrogens (tertiary/aromatic N) is 2. The first kappa shape index (κ1) is 14.3. The van der Waals surface area contributed by atoms with Crippen molar-refractivity contribution in [2.45, 2.75) is 6.42 Å². The van der Waals surface area contributed by atoms with Gasteiger partial charge in [0, 0.05) is 37.4 Å². The van der Waals surface area contributed by atoms with Crippen LogP contribution in [0.3, 0.4) is 0 Å². The molecule has 0 aromatic heterocycles. The Hall–Kier alpha value is -2.08. The molecule has 0 aliphatic carbocycles. The summed E-state index contributed by atoms with van der Waals surface area (Å²) in [5.74, 6) is -0.880. The average molecular weight is 277 g/mol. The molecule has 0 atom stereocenters. The Bertz CT molecular complexity index is 504. The molecule has 108 valence electrons. The van der Waals surface area contributed by atoms with Gasteiger partial charge in [-0.15, -0.1) is 0 Å². The van der Waals surface area contributed by atoms with E-state index in [1.165, 1.54) is 0 Å². The van der Waals surface area contributed by atoms with Gasteiger partial charge in [0.25, 0.3) is 5.91 Å². The SMILES string of the molecule is Nc1cccc(C(=O)N2CCCN(CC(=O)O)CC2)c1. The van der Waals surface area contributed by atoms with Gasteiger partial charge in [-0.2, -0.15) is 0 Å². The van der Waals surface area contributed by atoms with Gasteiger partial charge in [0.2, 0.25) is 0 Å². The van der Waals surface area contributed by atoms with E-state index in [9.17, 15) is 9.59 Å². The van der Waals surface area contributed by atoms with E-state index in [4.69, 9.17) is 10.8 Å². The van der Waals surface area contributed by atoms with Crippen molar-refractivity contribution in [2.24, 2.45) is 0 Å². The molecule has 0 saturated carbocycles. The quantitative estimate of drug-likeness (QED) is 0.786. The first-order valence-electron chi connectivity index (χ1n) is 6.65. The topological polar surface area (TPSA) is 86.9 Å². The number of carbonyl (C=O) groups excluding carboxylic acids is 1. The molecule has 1 aliphatic heterocycles. The maximum absolute atomic E-state index is 12.4. The highest BCUT2D eigenvalue weighted by Gasteiger charge is 2.21. The highest BCUT2D eigenvalue weighted by atomic mass is 16.4. The normalized spacial score (nSPS) is 16.7. The molecule has 0 radical (unpaired) electrons. The summed E-state index contributed by atoms with van der Waals surface area (Å²) in [4.78, 5) is 26.7. The Morgan fingerprint density at radius 2 is 2.00 bits per heavy atom. The van der Waals surface area contributed by atoms with Gasteiger partial charge in [-0.3, -0.25) is 14.5 Å². The van der Waals surface area contributed by atoms with E-state index in [0.29, 0.717) is 37.4 Å². The monoisotopic (exact) mass is 277 g/mol. The molecule has 1 fully saturated rings. The van der Waals surface area contributed by atoms with Gasteiger partial charge in [-0.05, 0) is 24.6 Å². The van der Waals surface area contributed by atoms with Crippen LogP contribution in [0.1, 0.15) is 16.8 Å². The van der Waals surface area contributed by atoms with Gasteiger partial charge in [0.15, 0.2) is 0 Å². The zero-order valence-electron chi connectivity index (χ0n) is 11.3. The molecule has 1 saturated heterocycles.